The van der Waals surface area contributed by atoms with E-state index in [0.29, 0.717) is 18.5 Å². The molecule has 0 amide bonds. The van der Waals surface area contributed by atoms with Crippen molar-refractivity contribution in [1.29, 1.82) is 0 Å². The highest BCUT2D eigenvalue weighted by Gasteiger charge is 2.28. The highest BCUT2D eigenvalue weighted by Crippen LogP contribution is 2.24. The number of hydrogen-bond acceptors (Lipinski definition) is 3. The first-order valence-electron chi connectivity index (χ1n) is 4.55. The third-order valence-electron chi connectivity index (χ3n) is 2.25. The van der Waals surface area contributed by atoms with Crippen molar-refractivity contribution < 1.29 is 17.2 Å². The van der Waals surface area contributed by atoms with Gasteiger partial charge in [-0.05, 0) is 18.2 Å². The van der Waals surface area contributed by atoms with Crippen LogP contribution in [0.2, 0.25) is 0 Å². The fraction of sp³-hybridized carbons (Fsp3) is 0.333. The van der Waals surface area contributed by atoms with Gasteiger partial charge in [-0.3, -0.25) is 0 Å². The normalized spacial score (nSPS) is 17.9. The maximum atomic E-state index is 12.9. The van der Waals surface area contributed by atoms with E-state index in [1.165, 1.54) is 16.1 Å². The Morgan fingerprint density at radius 1 is 1.25 bits per heavy atom. The number of sulfonamides is 1. The van der Waals surface area contributed by atoms with Crippen molar-refractivity contribution in [3.05, 3.63) is 29.8 Å². The van der Waals surface area contributed by atoms with Gasteiger partial charge in [0.15, 0.2) is 11.6 Å². The van der Waals surface area contributed by atoms with Gasteiger partial charge in [0.25, 0.3) is 0 Å². The van der Waals surface area contributed by atoms with Crippen molar-refractivity contribution in [3.63, 3.8) is 0 Å². The molecule has 0 bridgehead atoms. The molecule has 3 nitrogen and oxygen atoms in total. The number of hydrogen-bond donors (Lipinski definition) is 0. The Morgan fingerprint density at radius 3 is 2.56 bits per heavy atom. The lowest BCUT2D eigenvalue weighted by Gasteiger charge is -2.14. The summed E-state index contributed by atoms with van der Waals surface area (Å²) in [4.78, 5) is -0.200. The largest absolute Gasteiger partial charge is 0.243 e. The van der Waals surface area contributed by atoms with Gasteiger partial charge in [0.05, 0.1) is 10.8 Å². The lowest BCUT2D eigenvalue weighted by molar-refractivity contribution is 0.483. The van der Waals surface area contributed by atoms with Gasteiger partial charge in [-0.2, -0.15) is 4.31 Å². The van der Waals surface area contributed by atoms with Crippen molar-refractivity contribution in [2.24, 2.45) is 0 Å². The summed E-state index contributed by atoms with van der Waals surface area (Å²) in [6.07, 6.45) is 0. The van der Waals surface area contributed by atoms with Crippen LogP contribution in [0.1, 0.15) is 0 Å². The maximum Gasteiger partial charge on any atom is 0.243 e. The smallest absolute Gasteiger partial charge is 0.207 e. The molecule has 0 aromatic heterocycles. The molecule has 1 fully saturated rings. The minimum absolute atomic E-state index is 0.200. The van der Waals surface area contributed by atoms with Gasteiger partial charge in [-0.1, -0.05) is 0 Å². The van der Waals surface area contributed by atoms with E-state index in [2.05, 4.69) is 0 Å². The first kappa shape index (κ1) is 11.8. The predicted molar refractivity (Wildman–Crippen MR) is 57.6 cm³/mol. The Hall–Kier alpha value is -0.660. The Morgan fingerprint density at radius 2 is 2.00 bits per heavy atom. The van der Waals surface area contributed by atoms with Gasteiger partial charge in [-0.25, -0.2) is 17.2 Å². The van der Waals surface area contributed by atoms with Crippen LogP contribution in [0.25, 0.3) is 0 Å². The molecule has 7 heteroatoms. The second kappa shape index (κ2) is 4.31. The van der Waals surface area contributed by atoms with E-state index in [1.54, 1.807) is 0 Å². The maximum absolute atomic E-state index is 12.9. The standard InChI is InChI=1S/C9H9F2NO2S2/c10-8-2-1-7(5-9(8)11)16(13,14)12-3-4-15-6-12/h1-2,5H,3-4,6H2. The Kier molecular flexibility index (Phi) is 3.18. The minimum Gasteiger partial charge on any atom is -0.207 e. The van der Waals surface area contributed by atoms with Crippen molar-refractivity contribution in [1.82, 2.24) is 4.31 Å². The zero-order valence-corrected chi connectivity index (χ0v) is 9.82. The second-order valence-electron chi connectivity index (χ2n) is 3.29. The van der Waals surface area contributed by atoms with E-state index in [-0.39, 0.29) is 4.90 Å². The summed E-state index contributed by atoms with van der Waals surface area (Å²) in [6.45, 7) is 0.409. The summed E-state index contributed by atoms with van der Waals surface area (Å²) in [5, 5.41) is 0. The van der Waals surface area contributed by atoms with Crippen LogP contribution < -0.4 is 0 Å². The molecule has 2 rings (SSSR count). The number of nitrogens with zero attached hydrogens (tertiary/aromatic N) is 1. The Balaban J connectivity index is 2.39. The van der Waals surface area contributed by atoms with Crippen LogP contribution in [0.4, 0.5) is 8.78 Å². The van der Waals surface area contributed by atoms with Crippen LogP contribution in [0.5, 0.6) is 0 Å². The van der Waals surface area contributed by atoms with Crippen LogP contribution in [0.3, 0.4) is 0 Å². The third-order valence-corrected chi connectivity index (χ3v) is 5.22. The lowest BCUT2D eigenvalue weighted by Crippen LogP contribution is -2.28. The van der Waals surface area contributed by atoms with Crippen LogP contribution in [0.15, 0.2) is 23.1 Å². The summed E-state index contributed by atoms with van der Waals surface area (Å²) in [7, 11) is -3.67. The molecule has 0 saturated carbocycles. The van der Waals surface area contributed by atoms with E-state index in [0.717, 1.165) is 17.9 Å². The minimum atomic E-state index is -3.67. The van der Waals surface area contributed by atoms with Crippen LogP contribution in [-0.2, 0) is 10.0 Å². The van der Waals surface area contributed by atoms with Crippen LogP contribution >= 0.6 is 11.8 Å². The van der Waals surface area contributed by atoms with E-state index < -0.39 is 21.7 Å². The molecule has 1 aromatic carbocycles. The zero-order valence-electron chi connectivity index (χ0n) is 8.19. The van der Waals surface area contributed by atoms with E-state index in [4.69, 9.17) is 0 Å². The molecule has 1 aliphatic heterocycles. The molecule has 0 radical (unpaired) electrons. The lowest BCUT2D eigenvalue weighted by atomic mass is 10.3. The van der Waals surface area contributed by atoms with E-state index >= 15 is 0 Å². The molecule has 88 valence electrons. The number of benzene rings is 1. The summed E-state index contributed by atoms with van der Waals surface area (Å²) in [6, 6.07) is 2.62. The Labute approximate surface area is 96.5 Å². The summed E-state index contributed by atoms with van der Waals surface area (Å²) < 4.78 is 50.7. The molecule has 1 aliphatic rings. The van der Waals surface area contributed by atoms with Gasteiger partial charge in [-0.15, -0.1) is 11.8 Å². The van der Waals surface area contributed by atoms with Gasteiger partial charge < -0.3 is 0 Å². The molecule has 1 saturated heterocycles. The van der Waals surface area contributed by atoms with Gasteiger partial charge >= 0.3 is 0 Å². The van der Waals surface area contributed by atoms with Crippen molar-refractivity contribution >= 4 is 21.8 Å². The molecule has 0 spiro atoms. The monoisotopic (exact) mass is 265 g/mol. The number of rotatable bonds is 2. The summed E-state index contributed by atoms with van der Waals surface area (Å²) >= 11 is 1.49. The summed E-state index contributed by atoms with van der Waals surface area (Å²) in [5.74, 6) is -1.10. The first-order valence-corrected chi connectivity index (χ1v) is 7.14. The van der Waals surface area contributed by atoms with Crippen LogP contribution in [0, 0.1) is 11.6 Å². The summed E-state index contributed by atoms with van der Waals surface area (Å²) in [5.41, 5.74) is 0. The molecule has 1 heterocycles. The molecular weight excluding hydrogens is 256 g/mol. The predicted octanol–water partition coefficient (Wildman–Crippen LogP) is 1.66. The fourth-order valence-corrected chi connectivity index (χ4v) is 4.20. The zero-order chi connectivity index (χ0) is 11.8. The van der Waals surface area contributed by atoms with Crippen molar-refractivity contribution in [2.75, 3.05) is 18.2 Å². The molecule has 1 aromatic rings. The first-order chi connectivity index (χ1) is 7.51. The fourth-order valence-electron chi connectivity index (χ4n) is 1.37. The topological polar surface area (TPSA) is 37.4 Å². The van der Waals surface area contributed by atoms with E-state index in [9.17, 15) is 17.2 Å². The molecular formula is C9H9F2NO2S2. The number of halogens is 2. The number of thioether (sulfide) groups is 1. The molecule has 0 unspecified atom stereocenters. The van der Waals surface area contributed by atoms with Gasteiger partial charge in [0, 0.05) is 12.3 Å². The average Bonchev–Trinajstić information content (AvgIpc) is 2.75. The SMILES string of the molecule is O=S(=O)(c1ccc(F)c(F)c1)N1CCSC1. The quantitative estimate of drug-likeness (QED) is 0.816. The van der Waals surface area contributed by atoms with Gasteiger partial charge in [0.2, 0.25) is 10.0 Å². The van der Waals surface area contributed by atoms with Crippen LogP contribution in [-0.4, -0.2) is 30.9 Å². The molecule has 0 atom stereocenters. The molecule has 0 aliphatic carbocycles. The van der Waals surface area contributed by atoms with E-state index in [1.807, 2.05) is 0 Å². The Bertz CT molecular complexity index is 498. The van der Waals surface area contributed by atoms with Crippen molar-refractivity contribution in [3.8, 4) is 0 Å². The van der Waals surface area contributed by atoms with Gasteiger partial charge in [0.1, 0.15) is 0 Å². The highest BCUT2D eigenvalue weighted by atomic mass is 32.2. The second-order valence-corrected chi connectivity index (χ2v) is 6.31. The average molecular weight is 265 g/mol. The molecule has 0 N–H and O–H groups in total. The third kappa shape index (κ3) is 2.07. The van der Waals surface area contributed by atoms with Crippen molar-refractivity contribution in [2.45, 2.75) is 4.90 Å². The molecule has 16 heavy (non-hydrogen) atoms. The highest BCUT2D eigenvalue weighted by molar-refractivity contribution is 8.00.